The van der Waals surface area contributed by atoms with E-state index in [0.717, 1.165) is 27.5 Å². The van der Waals surface area contributed by atoms with Crippen LogP contribution in [0.1, 0.15) is 22.4 Å². The molecule has 0 unspecified atom stereocenters. The monoisotopic (exact) mass is 410 g/mol. The minimum Gasteiger partial charge on any atom is -0.294 e. The molecule has 0 saturated carbocycles. The molecule has 0 aliphatic heterocycles. The molecule has 1 N–H and O–H groups in total. The van der Waals surface area contributed by atoms with Gasteiger partial charge in [-0.1, -0.05) is 24.3 Å². The molecular formula is C22H14N6OS. The standard InChI is InChI=1S/C22H14N6OS/c23-10-15-1-3-17(4-2-15)12-25-27-21(29)9-19-14-30-22-26-20(13-28(19)22)18-7-5-16(11-24)6-8-18/h1-8,12-14H,9H2,(H,27,29)/b25-12+. The number of benzene rings is 2. The Morgan fingerprint density at radius 1 is 1.10 bits per heavy atom. The molecule has 1 amide bonds. The summed E-state index contributed by atoms with van der Waals surface area (Å²) in [5, 5.41) is 23.6. The molecule has 2 heterocycles. The number of carbonyl (C=O) groups excluding carboxylic acids is 1. The highest BCUT2D eigenvalue weighted by atomic mass is 32.1. The molecule has 0 spiro atoms. The molecule has 0 atom stereocenters. The highest BCUT2D eigenvalue weighted by molar-refractivity contribution is 7.15. The Kier molecular flexibility index (Phi) is 5.33. The number of imidazole rings is 1. The first-order chi connectivity index (χ1) is 14.7. The van der Waals surface area contributed by atoms with E-state index in [9.17, 15) is 4.79 Å². The SMILES string of the molecule is N#Cc1ccc(/C=N/NC(=O)Cc2csc3nc(-c4ccc(C#N)cc4)cn23)cc1. The molecule has 4 rings (SSSR count). The second kappa shape index (κ2) is 8.39. The summed E-state index contributed by atoms with van der Waals surface area (Å²) < 4.78 is 1.89. The lowest BCUT2D eigenvalue weighted by atomic mass is 10.1. The zero-order chi connectivity index (χ0) is 20.9. The number of nitrogens with zero attached hydrogens (tertiary/aromatic N) is 5. The summed E-state index contributed by atoms with van der Waals surface area (Å²) in [7, 11) is 0. The second-order valence-electron chi connectivity index (χ2n) is 6.40. The first-order valence-corrected chi connectivity index (χ1v) is 9.82. The van der Waals surface area contributed by atoms with E-state index in [2.05, 4.69) is 27.6 Å². The molecule has 0 saturated heterocycles. The molecule has 0 radical (unpaired) electrons. The van der Waals surface area contributed by atoms with Crippen molar-refractivity contribution >= 4 is 28.4 Å². The number of amides is 1. The molecule has 0 aliphatic rings. The highest BCUT2D eigenvalue weighted by Crippen LogP contribution is 2.24. The number of hydrogen-bond donors (Lipinski definition) is 1. The van der Waals surface area contributed by atoms with Crippen LogP contribution in [0.5, 0.6) is 0 Å². The van der Waals surface area contributed by atoms with Crippen molar-refractivity contribution in [3.8, 4) is 23.4 Å². The van der Waals surface area contributed by atoms with Gasteiger partial charge in [0.05, 0.1) is 41.6 Å². The van der Waals surface area contributed by atoms with E-state index in [-0.39, 0.29) is 12.3 Å². The topological polar surface area (TPSA) is 106 Å². The fourth-order valence-corrected chi connectivity index (χ4v) is 3.71. The van der Waals surface area contributed by atoms with Gasteiger partial charge in [0.1, 0.15) is 0 Å². The number of thiazole rings is 1. The summed E-state index contributed by atoms with van der Waals surface area (Å²) in [5.41, 5.74) is 6.98. The normalized spacial score (nSPS) is 10.7. The van der Waals surface area contributed by atoms with E-state index < -0.39 is 0 Å². The molecule has 0 fully saturated rings. The lowest BCUT2D eigenvalue weighted by molar-refractivity contribution is -0.120. The number of nitriles is 2. The van der Waals surface area contributed by atoms with Crippen molar-refractivity contribution in [3.05, 3.63) is 82.5 Å². The van der Waals surface area contributed by atoms with Crippen LogP contribution < -0.4 is 5.43 Å². The average Bonchev–Trinajstić information content (AvgIpc) is 3.36. The molecule has 7 nitrogen and oxygen atoms in total. The fourth-order valence-electron chi connectivity index (χ4n) is 2.84. The summed E-state index contributed by atoms with van der Waals surface area (Å²) in [6.07, 6.45) is 3.58. The lowest BCUT2D eigenvalue weighted by Gasteiger charge is -2.00. The summed E-state index contributed by atoms with van der Waals surface area (Å²) in [6.45, 7) is 0. The smallest absolute Gasteiger partial charge is 0.246 e. The third-order valence-electron chi connectivity index (χ3n) is 4.38. The largest absolute Gasteiger partial charge is 0.294 e. The van der Waals surface area contributed by atoms with Gasteiger partial charge in [0.2, 0.25) is 5.91 Å². The van der Waals surface area contributed by atoms with E-state index in [4.69, 9.17) is 10.5 Å². The number of hydrogen-bond acceptors (Lipinski definition) is 6. The van der Waals surface area contributed by atoms with Crippen molar-refractivity contribution in [2.45, 2.75) is 6.42 Å². The Labute approximate surface area is 176 Å². The molecule has 2 aromatic carbocycles. The van der Waals surface area contributed by atoms with Crippen LogP contribution in [0.2, 0.25) is 0 Å². The number of fused-ring (bicyclic) bond motifs is 1. The average molecular weight is 410 g/mol. The highest BCUT2D eigenvalue weighted by Gasteiger charge is 2.12. The molecule has 8 heteroatoms. The predicted octanol–water partition coefficient (Wildman–Crippen LogP) is 3.50. The summed E-state index contributed by atoms with van der Waals surface area (Å²) in [6, 6.07) is 18.3. The maximum atomic E-state index is 12.3. The van der Waals surface area contributed by atoms with Crippen LogP contribution >= 0.6 is 11.3 Å². The molecule has 0 aliphatic carbocycles. The van der Waals surface area contributed by atoms with Crippen LogP contribution in [0.15, 0.2) is 65.2 Å². The Morgan fingerprint density at radius 3 is 2.43 bits per heavy atom. The fraction of sp³-hybridized carbons (Fsp3) is 0.0455. The van der Waals surface area contributed by atoms with Gasteiger partial charge in [-0.15, -0.1) is 11.3 Å². The Bertz CT molecular complexity index is 1320. The number of nitrogens with one attached hydrogen (secondary N) is 1. The van der Waals surface area contributed by atoms with Gasteiger partial charge < -0.3 is 0 Å². The quantitative estimate of drug-likeness (QED) is 0.401. The van der Waals surface area contributed by atoms with Crippen molar-refractivity contribution in [3.63, 3.8) is 0 Å². The third kappa shape index (κ3) is 4.09. The van der Waals surface area contributed by atoms with Gasteiger partial charge in [0.15, 0.2) is 4.96 Å². The zero-order valence-corrected chi connectivity index (χ0v) is 16.4. The minimum atomic E-state index is -0.242. The predicted molar refractivity (Wildman–Crippen MR) is 114 cm³/mol. The third-order valence-corrected chi connectivity index (χ3v) is 5.27. The summed E-state index contributed by atoms with van der Waals surface area (Å²) >= 11 is 1.46. The number of aromatic nitrogens is 2. The van der Waals surface area contributed by atoms with Crippen molar-refractivity contribution in [2.75, 3.05) is 0 Å². The van der Waals surface area contributed by atoms with Gasteiger partial charge in [0.25, 0.3) is 0 Å². The Morgan fingerprint density at radius 2 is 1.77 bits per heavy atom. The molecule has 4 aromatic rings. The van der Waals surface area contributed by atoms with E-state index in [0.29, 0.717) is 11.1 Å². The van der Waals surface area contributed by atoms with Crippen molar-refractivity contribution in [2.24, 2.45) is 5.10 Å². The summed E-state index contributed by atoms with van der Waals surface area (Å²) in [5.74, 6) is -0.242. The second-order valence-corrected chi connectivity index (χ2v) is 7.24. The number of hydrazone groups is 1. The van der Waals surface area contributed by atoms with Crippen LogP contribution in [0, 0.1) is 22.7 Å². The first kappa shape index (κ1) is 19.1. The van der Waals surface area contributed by atoms with Crippen LogP contribution in [-0.4, -0.2) is 21.5 Å². The molecule has 30 heavy (non-hydrogen) atoms. The van der Waals surface area contributed by atoms with Crippen molar-refractivity contribution in [1.82, 2.24) is 14.8 Å². The molecule has 2 aromatic heterocycles. The van der Waals surface area contributed by atoms with Gasteiger partial charge in [-0.25, -0.2) is 10.4 Å². The van der Waals surface area contributed by atoms with Crippen molar-refractivity contribution in [1.29, 1.82) is 10.5 Å². The van der Waals surface area contributed by atoms with E-state index in [1.54, 1.807) is 36.4 Å². The van der Waals surface area contributed by atoms with Gasteiger partial charge in [-0.3, -0.25) is 9.20 Å². The van der Waals surface area contributed by atoms with E-state index >= 15 is 0 Å². The van der Waals surface area contributed by atoms with Crippen LogP contribution in [-0.2, 0) is 11.2 Å². The van der Waals surface area contributed by atoms with Crippen LogP contribution in [0.25, 0.3) is 16.2 Å². The van der Waals surface area contributed by atoms with Gasteiger partial charge in [0, 0.05) is 22.8 Å². The van der Waals surface area contributed by atoms with Gasteiger partial charge in [-0.05, 0) is 29.8 Å². The first-order valence-electron chi connectivity index (χ1n) is 8.94. The zero-order valence-electron chi connectivity index (χ0n) is 15.6. The Hall–Kier alpha value is -4.27. The molecule has 0 bridgehead atoms. The molecule has 144 valence electrons. The van der Waals surface area contributed by atoms with Gasteiger partial charge in [-0.2, -0.15) is 15.6 Å². The van der Waals surface area contributed by atoms with Crippen LogP contribution in [0.4, 0.5) is 0 Å². The maximum Gasteiger partial charge on any atom is 0.246 e. The van der Waals surface area contributed by atoms with Crippen molar-refractivity contribution < 1.29 is 4.79 Å². The van der Waals surface area contributed by atoms with E-state index in [1.165, 1.54) is 17.6 Å². The lowest BCUT2D eigenvalue weighted by Crippen LogP contribution is -2.20. The number of rotatable bonds is 5. The van der Waals surface area contributed by atoms with Crippen LogP contribution in [0.3, 0.4) is 0 Å². The van der Waals surface area contributed by atoms with Gasteiger partial charge >= 0.3 is 0 Å². The minimum absolute atomic E-state index is 0.161. The van der Waals surface area contributed by atoms with E-state index in [1.807, 2.05) is 28.1 Å². The summed E-state index contributed by atoms with van der Waals surface area (Å²) in [4.78, 5) is 17.7. The maximum absolute atomic E-state index is 12.3. The Balaban J connectivity index is 1.43. The molecular weight excluding hydrogens is 396 g/mol. The number of carbonyl (C=O) groups is 1.